The van der Waals surface area contributed by atoms with E-state index in [4.69, 9.17) is 22.7 Å². The summed E-state index contributed by atoms with van der Waals surface area (Å²) in [5, 5.41) is 7.08. The molecule has 1 N–H and O–H groups in total. The Morgan fingerprint density at radius 1 is 0.606 bits per heavy atom. The van der Waals surface area contributed by atoms with Crippen LogP contribution in [0.25, 0.3) is 0 Å². The van der Waals surface area contributed by atoms with Crippen molar-refractivity contribution in [1.82, 2.24) is 15.1 Å². The van der Waals surface area contributed by atoms with Crippen LogP contribution in [0.1, 0.15) is 194 Å². The zero-order valence-corrected chi connectivity index (χ0v) is 44.2. The molecule has 1 heterocycles. The third-order valence-electron chi connectivity index (χ3n) is 21.3. The van der Waals surface area contributed by atoms with Gasteiger partial charge in [-0.25, -0.2) is 5.20 Å². The third-order valence-corrected chi connectivity index (χ3v) is 23.5. The molecular weight excluding hydrogens is 839 g/mol. The van der Waals surface area contributed by atoms with Crippen LogP contribution >= 0.6 is 0 Å². The lowest BCUT2D eigenvalue weighted by Crippen LogP contribution is -2.62. The summed E-state index contributed by atoms with van der Waals surface area (Å²) in [4.78, 5) is 6.22. The second-order valence-corrected chi connectivity index (χ2v) is 28.7. The maximum absolute atomic E-state index is 6.93. The van der Waals surface area contributed by atoms with Gasteiger partial charge in [-0.3, -0.25) is 8.80 Å². The van der Waals surface area contributed by atoms with Crippen LogP contribution in [0.5, 0.6) is 0 Å². The molecule has 0 spiro atoms. The minimum Gasteiger partial charge on any atom is -0.789 e. The van der Waals surface area contributed by atoms with Crippen LogP contribution < -0.4 is 5.32 Å². The summed E-state index contributed by atoms with van der Waals surface area (Å²) in [6.07, 6.45) is 55.1. The van der Waals surface area contributed by atoms with Crippen molar-refractivity contribution in [3.8, 4) is 0 Å². The fraction of sp³-hybridized carbons (Fsp3) is 0.833. The Morgan fingerprint density at radius 3 is 2.03 bits per heavy atom. The molecule has 4 nitrogen and oxygen atoms in total. The van der Waals surface area contributed by atoms with Crippen molar-refractivity contribution < 1.29 is 4.74 Å². The van der Waals surface area contributed by atoms with Gasteiger partial charge in [0.2, 0.25) is 0 Å². The molecule has 0 aromatic rings. The molecule has 8 fully saturated rings. The number of hydrogen-bond donors (Lipinski definition) is 1. The van der Waals surface area contributed by atoms with E-state index in [9.17, 15) is 0 Å². The lowest BCUT2D eigenvalue weighted by atomic mass is 9.51. The molecule has 7 saturated carbocycles. The van der Waals surface area contributed by atoms with Gasteiger partial charge in [-0.05, 0) is 193 Å². The first-order chi connectivity index (χ1) is 32.3. The Hall–Kier alpha value is -1.21. The average Bonchev–Trinajstić information content (AvgIpc) is 3.72. The molecule has 0 amide bonds. The van der Waals surface area contributed by atoms with Gasteiger partial charge in [-0.1, -0.05) is 95.9 Å². The fourth-order valence-corrected chi connectivity index (χ4v) is 19.4. The Bertz CT molecular complexity index is 1830. The smallest absolute Gasteiger partial charge is 0.0612 e. The molecule has 1 saturated heterocycles. The molecular formula is C60H93N3OSSi-2. The predicted octanol–water partition coefficient (Wildman–Crippen LogP) is 14.4. The van der Waals surface area contributed by atoms with E-state index < -0.39 is 8.80 Å². The van der Waals surface area contributed by atoms with Crippen LogP contribution in [-0.2, 0) is 17.4 Å². The van der Waals surface area contributed by atoms with Crippen LogP contribution in [0.3, 0.4) is 0 Å². The van der Waals surface area contributed by atoms with Crippen LogP contribution in [0.15, 0.2) is 58.7 Å². The summed E-state index contributed by atoms with van der Waals surface area (Å²) < 4.78 is 6.93. The molecule has 66 heavy (non-hydrogen) atoms. The summed E-state index contributed by atoms with van der Waals surface area (Å²) in [5.74, 6) is 8.15. The fourth-order valence-electron chi connectivity index (χ4n) is 18.1. The van der Waals surface area contributed by atoms with Gasteiger partial charge in [-0.2, -0.15) is 18.3 Å². The Balaban J connectivity index is 0.944. The van der Waals surface area contributed by atoms with E-state index in [1.165, 1.54) is 180 Å². The Morgan fingerprint density at radius 2 is 1.32 bits per heavy atom. The molecule has 0 aromatic heterocycles. The van der Waals surface area contributed by atoms with Crippen molar-refractivity contribution >= 4 is 21.4 Å². The lowest BCUT2D eigenvalue weighted by molar-refractivity contribution is -0.0793. The van der Waals surface area contributed by atoms with E-state index in [0.29, 0.717) is 53.6 Å². The maximum Gasteiger partial charge on any atom is 0.0612 e. The molecule has 11 aliphatic rings. The van der Waals surface area contributed by atoms with Gasteiger partial charge in [-0.15, -0.1) is 0 Å². The van der Waals surface area contributed by atoms with Gasteiger partial charge in [0, 0.05) is 47.3 Å². The van der Waals surface area contributed by atoms with Crippen molar-refractivity contribution in [3.63, 3.8) is 0 Å². The average molecular weight is 933 g/mol. The standard InChI is InChI=1S/C60H94N3OSSi/c1-39-17-22-42(23-18-39)62(44-26-30-46(65)31-27-44)56-35-34-53(48-11-5-6-12-49(48)56)60-52-15-8-7-13-50(52)57(63(43-24-19-40(2)20-25-43)45-28-32-47(33-29-45)66(3)4)38-55(60)61-41-21-36-59-54(37-41)51-14-9-10-16-58(51)64-59/h17,22-24,28,32,39-41,44,46,48-61,65H,5-16,18-21,25-27,29-31,33-38H2,1-4H3/q-1/p-1. The lowest BCUT2D eigenvalue weighted by Gasteiger charge is -2.61. The first-order valence-electron chi connectivity index (χ1n) is 29.2. The van der Waals surface area contributed by atoms with E-state index >= 15 is 0 Å². The van der Waals surface area contributed by atoms with Crippen LogP contribution in [-0.4, -0.2) is 66.3 Å². The SMILES string of the molecule is CC1C=CC(N(C2CCC([S-])CC2)C2CCC(C3C(NC4CCC5OC6CCCCC6C5C4)CC(N(C4=CC=C([Si-](C)C)CC4)C4=CCC(C)CC4)C4CCCCC43)C3CCCCC32)=CC1. The van der Waals surface area contributed by atoms with Crippen LogP contribution in [0.4, 0.5) is 0 Å². The zero-order chi connectivity index (χ0) is 44.9. The quantitative estimate of drug-likeness (QED) is 0.174. The summed E-state index contributed by atoms with van der Waals surface area (Å²) in [7, 11) is -0.401. The molecule has 1 aliphatic heterocycles. The third kappa shape index (κ3) is 9.63. The highest BCUT2D eigenvalue weighted by molar-refractivity contribution is 7.59. The first-order valence-corrected chi connectivity index (χ1v) is 32.2. The largest absolute Gasteiger partial charge is 0.789 e. The number of nitrogens with one attached hydrogen (secondary N) is 1. The van der Waals surface area contributed by atoms with E-state index in [2.05, 4.69) is 73.2 Å². The molecule has 0 aromatic carbocycles. The molecule has 11 rings (SSSR count). The van der Waals surface area contributed by atoms with Crippen molar-refractivity contribution in [2.75, 3.05) is 0 Å². The van der Waals surface area contributed by atoms with Gasteiger partial charge in [0.1, 0.15) is 0 Å². The highest BCUT2D eigenvalue weighted by Gasteiger charge is 2.56. The van der Waals surface area contributed by atoms with E-state index in [1.807, 2.05) is 0 Å². The van der Waals surface area contributed by atoms with E-state index in [-0.39, 0.29) is 0 Å². The number of fused-ring (bicyclic) bond motifs is 5. The Labute approximate surface area is 411 Å². The molecule has 366 valence electrons. The van der Waals surface area contributed by atoms with Crippen molar-refractivity contribution in [1.29, 1.82) is 0 Å². The topological polar surface area (TPSA) is 27.7 Å². The second-order valence-electron chi connectivity index (χ2n) is 25.4. The van der Waals surface area contributed by atoms with Crippen LogP contribution in [0, 0.1) is 59.2 Å². The number of ether oxygens (including phenoxy) is 1. The number of rotatable bonds is 10. The summed E-state index contributed by atoms with van der Waals surface area (Å²) in [6.45, 7) is 9.94. The highest BCUT2D eigenvalue weighted by Crippen LogP contribution is 2.58. The second kappa shape index (κ2) is 20.9. The van der Waals surface area contributed by atoms with Gasteiger partial charge in [0.05, 0.1) is 12.2 Å². The summed E-state index contributed by atoms with van der Waals surface area (Å²) >= 11 is 5.95. The van der Waals surface area contributed by atoms with Crippen molar-refractivity contribution in [2.24, 2.45) is 59.2 Å². The molecule has 16 unspecified atom stereocenters. The van der Waals surface area contributed by atoms with Gasteiger partial charge < -0.3 is 32.5 Å². The molecule has 0 bridgehead atoms. The van der Waals surface area contributed by atoms with Crippen molar-refractivity contribution in [2.45, 2.75) is 254 Å². The predicted molar refractivity (Wildman–Crippen MR) is 280 cm³/mol. The van der Waals surface area contributed by atoms with E-state index in [1.54, 1.807) is 22.3 Å². The van der Waals surface area contributed by atoms with E-state index in [0.717, 1.165) is 53.3 Å². The maximum atomic E-state index is 6.93. The molecule has 10 aliphatic carbocycles. The summed E-state index contributed by atoms with van der Waals surface area (Å²) in [6, 6.07) is 3.29. The normalized spacial score (nSPS) is 44.9. The molecule has 16 atom stereocenters. The molecule has 6 heteroatoms. The molecule has 0 radical (unpaired) electrons. The van der Waals surface area contributed by atoms with Crippen molar-refractivity contribution in [3.05, 3.63) is 58.7 Å². The first kappa shape index (κ1) is 47.1. The van der Waals surface area contributed by atoms with Crippen LogP contribution in [0.2, 0.25) is 13.1 Å². The summed E-state index contributed by atoms with van der Waals surface area (Å²) in [5.41, 5.74) is 4.99. The Kier molecular flexibility index (Phi) is 14.9. The monoisotopic (exact) mass is 932 g/mol. The zero-order valence-electron chi connectivity index (χ0n) is 42.4. The highest BCUT2D eigenvalue weighted by atomic mass is 32.1. The van der Waals surface area contributed by atoms with Gasteiger partial charge >= 0.3 is 0 Å². The number of allylic oxidation sites excluding steroid dienone is 9. The number of hydrogen-bond acceptors (Lipinski definition) is 5. The minimum atomic E-state index is -0.401. The number of nitrogens with zero attached hydrogens (tertiary/aromatic N) is 2. The minimum absolute atomic E-state index is 0.401. The van der Waals surface area contributed by atoms with Gasteiger partial charge in [0.15, 0.2) is 0 Å². The van der Waals surface area contributed by atoms with Gasteiger partial charge in [0.25, 0.3) is 0 Å².